The van der Waals surface area contributed by atoms with Crippen molar-refractivity contribution in [2.75, 3.05) is 13.6 Å². The Kier molecular flexibility index (Phi) is 5.48. The Morgan fingerprint density at radius 3 is 2.52 bits per heavy atom. The maximum absolute atomic E-state index is 13.3. The van der Waals surface area contributed by atoms with Crippen LogP contribution < -0.4 is 5.73 Å². The molecule has 3 heterocycles. The Balaban J connectivity index is 2.02. The van der Waals surface area contributed by atoms with E-state index in [4.69, 9.17) is 5.73 Å². The van der Waals surface area contributed by atoms with Gasteiger partial charge >= 0.3 is 0 Å². The molecule has 6 nitrogen and oxygen atoms in total. The van der Waals surface area contributed by atoms with Crippen LogP contribution in [0.4, 0.5) is 0 Å². The number of carbonyl (C=O) groups excluding carboxylic acids is 2. The van der Waals surface area contributed by atoms with E-state index in [-0.39, 0.29) is 11.8 Å². The van der Waals surface area contributed by atoms with Crippen LogP contribution in [0.15, 0.2) is 49.3 Å². The van der Waals surface area contributed by atoms with E-state index in [1.165, 1.54) is 11.9 Å². The minimum absolute atomic E-state index is 0.304. The van der Waals surface area contributed by atoms with Gasteiger partial charge in [-0.15, -0.1) is 0 Å². The molecule has 0 saturated carbocycles. The Morgan fingerprint density at radius 2 is 1.84 bits per heavy atom. The maximum Gasteiger partial charge on any atom is 0.261 e. The van der Waals surface area contributed by atoms with Crippen LogP contribution in [0.1, 0.15) is 35.7 Å². The summed E-state index contributed by atoms with van der Waals surface area (Å²) >= 11 is 0. The van der Waals surface area contributed by atoms with Gasteiger partial charge in [0.2, 0.25) is 0 Å². The first-order valence-corrected chi connectivity index (χ1v) is 10.3. The van der Waals surface area contributed by atoms with Gasteiger partial charge in [0.15, 0.2) is 0 Å². The van der Waals surface area contributed by atoms with Crippen LogP contribution >= 0.6 is 0 Å². The molecule has 158 valence electrons. The topological polar surface area (TPSA) is 84.1 Å². The normalized spacial score (nSPS) is 14.6. The summed E-state index contributed by atoms with van der Waals surface area (Å²) < 4.78 is 2.08. The van der Waals surface area contributed by atoms with Gasteiger partial charge in [0.1, 0.15) is 0 Å². The Morgan fingerprint density at radius 1 is 1.13 bits per heavy atom. The van der Waals surface area contributed by atoms with Crippen LogP contribution in [-0.2, 0) is 16.1 Å². The number of aryl methyl sites for hydroxylation is 1. The zero-order chi connectivity index (χ0) is 22.1. The number of aromatic amines is 1. The molecule has 0 radical (unpaired) electrons. The van der Waals surface area contributed by atoms with Crippen molar-refractivity contribution < 1.29 is 9.59 Å². The lowest BCUT2D eigenvalue weighted by atomic mass is 9.94. The minimum Gasteiger partial charge on any atom is -0.361 e. The molecule has 0 atom stereocenters. The second kappa shape index (κ2) is 8.24. The number of hydrogen-bond acceptors (Lipinski definition) is 3. The van der Waals surface area contributed by atoms with E-state index < -0.39 is 0 Å². The van der Waals surface area contributed by atoms with Crippen molar-refractivity contribution in [1.82, 2.24) is 14.5 Å². The Labute approximate surface area is 181 Å². The number of allylic oxidation sites excluding steroid dienone is 1. The van der Waals surface area contributed by atoms with E-state index >= 15 is 0 Å². The number of nitrogens with zero attached hydrogens (tertiary/aromatic N) is 2. The highest BCUT2D eigenvalue weighted by molar-refractivity contribution is 6.50. The predicted octanol–water partition coefficient (Wildman–Crippen LogP) is 3.90. The summed E-state index contributed by atoms with van der Waals surface area (Å²) in [7, 11) is 1.53. The SMILES string of the molecule is C=Cc1c(C2=C(c3c[nH]c4ccccc34)C(=O)N(C)C2=O)cn(CCCN)c1C=CC. The van der Waals surface area contributed by atoms with Crippen LogP contribution in [0.5, 0.6) is 0 Å². The van der Waals surface area contributed by atoms with Gasteiger partial charge in [-0.05, 0) is 32.0 Å². The molecule has 3 aromatic rings. The van der Waals surface area contributed by atoms with Crippen molar-refractivity contribution in [3.05, 3.63) is 71.7 Å². The summed E-state index contributed by atoms with van der Waals surface area (Å²) in [4.78, 5) is 30.9. The number of imide groups is 1. The molecule has 0 aliphatic carbocycles. The molecule has 0 spiro atoms. The average Bonchev–Trinajstić information content (AvgIpc) is 3.41. The van der Waals surface area contributed by atoms with Crippen molar-refractivity contribution in [3.63, 3.8) is 0 Å². The van der Waals surface area contributed by atoms with Gasteiger partial charge in [0.05, 0.1) is 11.1 Å². The third kappa shape index (κ3) is 3.25. The molecule has 0 bridgehead atoms. The molecule has 0 fully saturated rings. The fourth-order valence-corrected chi connectivity index (χ4v) is 4.21. The minimum atomic E-state index is -0.309. The zero-order valence-corrected chi connectivity index (χ0v) is 17.8. The fourth-order valence-electron chi connectivity index (χ4n) is 4.21. The van der Waals surface area contributed by atoms with Gasteiger partial charge in [0, 0.05) is 59.3 Å². The van der Waals surface area contributed by atoms with Crippen molar-refractivity contribution in [3.8, 4) is 0 Å². The van der Waals surface area contributed by atoms with Gasteiger partial charge in [0.25, 0.3) is 11.8 Å². The smallest absolute Gasteiger partial charge is 0.261 e. The number of carbonyl (C=O) groups is 2. The largest absolute Gasteiger partial charge is 0.361 e. The number of nitrogens with one attached hydrogen (secondary N) is 1. The molecule has 2 amide bonds. The van der Waals surface area contributed by atoms with Crippen LogP contribution in [0.2, 0.25) is 0 Å². The first-order valence-electron chi connectivity index (χ1n) is 10.3. The predicted molar refractivity (Wildman–Crippen MR) is 126 cm³/mol. The number of benzene rings is 1. The van der Waals surface area contributed by atoms with Crippen molar-refractivity contribution in [1.29, 1.82) is 0 Å². The van der Waals surface area contributed by atoms with Gasteiger partial charge in [-0.3, -0.25) is 14.5 Å². The van der Waals surface area contributed by atoms with Crippen molar-refractivity contribution >= 4 is 46.0 Å². The summed E-state index contributed by atoms with van der Waals surface area (Å²) in [5.41, 5.74) is 10.7. The summed E-state index contributed by atoms with van der Waals surface area (Å²) in [6.45, 7) is 7.21. The standard InChI is InChI=1S/C25H26N4O2/c1-4-9-21-16(5-2)19(15-29(21)13-8-12-26)23-22(24(30)28(3)25(23)31)18-14-27-20-11-7-6-10-17(18)20/h4-7,9-11,14-15,27H,2,8,12-13,26H2,1,3H3. The number of amides is 2. The van der Waals surface area contributed by atoms with Gasteiger partial charge in [-0.25, -0.2) is 0 Å². The second-order valence-corrected chi connectivity index (χ2v) is 7.55. The molecule has 3 N–H and O–H groups in total. The highest BCUT2D eigenvalue weighted by Crippen LogP contribution is 2.40. The van der Waals surface area contributed by atoms with Gasteiger partial charge < -0.3 is 15.3 Å². The lowest BCUT2D eigenvalue weighted by Crippen LogP contribution is -2.26. The highest BCUT2D eigenvalue weighted by atomic mass is 16.2. The number of para-hydroxylation sites is 1. The van der Waals surface area contributed by atoms with E-state index in [9.17, 15) is 9.59 Å². The number of H-pyrrole nitrogens is 1. The zero-order valence-electron chi connectivity index (χ0n) is 17.8. The van der Waals surface area contributed by atoms with E-state index in [0.29, 0.717) is 29.8 Å². The third-order valence-electron chi connectivity index (χ3n) is 5.71. The molecule has 0 saturated heterocycles. The van der Waals surface area contributed by atoms with E-state index in [1.807, 2.05) is 49.5 Å². The third-order valence-corrected chi connectivity index (χ3v) is 5.71. The van der Waals surface area contributed by atoms with E-state index in [1.54, 1.807) is 12.3 Å². The van der Waals surface area contributed by atoms with Crippen LogP contribution in [0, 0.1) is 0 Å². The number of aromatic nitrogens is 2. The molecule has 31 heavy (non-hydrogen) atoms. The number of rotatable bonds is 7. The molecular formula is C25H26N4O2. The lowest BCUT2D eigenvalue weighted by Gasteiger charge is -2.06. The average molecular weight is 415 g/mol. The summed E-state index contributed by atoms with van der Waals surface area (Å²) in [5.74, 6) is -0.613. The molecule has 2 aromatic heterocycles. The van der Waals surface area contributed by atoms with Gasteiger partial charge in [-0.2, -0.15) is 0 Å². The Hall–Kier alpha value is -3.64. The first-order chi connectivity index (χ1) is 15.0. The fraction of sp³-hybridized carbons (Fsp3) is 0.200. The quantitative estimate of drug-likeness (QED) is 0.575. The molecule has 4 rings (SSSR count). The maximum atomic E-state index is 13.3. The molecule has 0 unspecified atom stereocenters. The summed E-state index contributed by atoms with van der Waals surface area (Å²) in [6, 6.07) is 7.76. The van der Waals surface area contributed by atoms with Crippen LogP contribution in [0.3, 0.4) is 0 Å². The second-order valence-electron chi connectivity index (χ2n) is 7.55. The molecule has 1 aliphatic heterocycles. The molecule has 6 heteroatoms. The van der Waals surface area contributed by atoms with Crippen molar-refractivity contribution in [2.24, 2.45) is 5.73 Å². The summed E-state index contributed by atoms with van der Waals surface area (Å²) in [6.07, 6.45) is 10.2. The molecular weight excluding hydrogens is 388 g/mol. The van der Waals surface area contributed by atoms with Gasteiger partial charge in [-0.1, -0.05) is 36.9 Å². The Bertz CT molecular complexity index is 1260. The molecule has 1 aromatic carbocycles. The monoisotopic (exact) mass is 414 g/mol. The van der Waals surface area contributed by atoms with Crippen molar-refractivity contribution in [2.45, 2.75) is 19.9 Å². The summed E-state index contributed by atoms with van der Waals surface area (Å²) in [5, 5.41) is 0.905. The first kappa shape index (κ1) is 20.6. The molecule has 1 aliphatic rings. The van der Waals surface area contributed by atoms with E-state index in [2.05, 4.69) is 16.1 Å². The van der Waals surface area contributed by atoms with E-state index in [0.717, 1.165) is 34.1 Å². The number of nitrogens with two attached hydrogens (primary N) is 1. The lowest BCUT2D eigenvalue weighted by molar-refractivity contribution is -0.134. The van der Waals surface area contributed by atoms with Crippen LogP contribution in [0.25, 0.3) is 34.2 Å². The van der Waals surface area contributed by atoms with Crippen LogP contribution in [-0.4, -0.2) is 39.9 Å². The number of fused-ring (bicyclic) bond motifs is 1. The number of hydrogen-bond donors (Lipinski definition) is 2. The number of likely N-dealkylation sites (N-methyl/N-ethyl adjacent to an activating group) is 1. The highest BCUT2D eigenvalue weighted by Gasteiger charge is 2.39.